The third kappa shape index (κ3) is 5.44. The van der Waals surface area contributed by atoms with Crippen LogP contribution in [0, 0.1) is 0 Å². The lowest BCUT2D eigenvalue weighted by Crippen LogP contribution is -2.35. The van der Waals surface area contributed by atoms with Crippen LogP contribution in [-0.2, 0) is 18.8 Å². The monoisotopic (exact) mass is 335 g/mol. The van der Waals surface area contributed by atoms with E-state index in [1.165, 1.54) is 0 Å². The average Bonchev–Trinajstić information content (AvgIpc) is 2.99. The summed E-state index contributed by atoms with van der Waals surface area (Å²) >= 11 is 1.65. The van der Waals surface area contributed by atoms with Gasteiger partial charge in [-0.25, -0.2) is 9.78 Å². The van der Waals surface area contributed by atoms with Crippen molar-refractivity contribution in [2.45, 2.75) is 18.8 Å². The summed E-state index contributed by atoms with van der Waals surface area (Å²) in [5.74, 6) is 2.12. The van der Waals surface area contributed by atoms with E-state index in [-0.39, 0.29) is 6.03 Å². The second-order valence-electron chi connectivity index (χ2n) is 5.07. The Morgan fingerprint density at radius 2 is 2.13 bits per heavy atom. The van der Waals surface area contributed by atoms with Crippen LogP contribution >= 0.6 is 11.8 Å². The van der Waals surface area contributed by atoms with Crippen LogP contribution in [0.25, 0.3) is 0 Å². The number of nitrogens with one attached hydrogen (secondary N) is 3. The van der Waals surface area contributed by atoms with Gasteiger partial charge in [-0.15, -0.1) is 0 Å². The van der Waals surface area contributed by atoms with Crippen LogP contribution in [-0.4, -0.2) is 46.5 Å². The van der Waals surface area contributed by atoms with E-state index >= 15 is 0 Å². The van der Waals surface area contributed by atoms with Crippen LogP contribution in [0.2, 0.25) is 0 Å². The normalized spacial score (nSPS) is 10.4. The Bertz CT molecular complexity index is 644. The van der Waals surface area contributed by atoms with Gasteiger partial charge in [0, 0.05) is 26.0 Å². The molecule has 2 aromatic heterocycles. The van der Waals surface area contributed by atoms with Crippen molar-refractivity contribution >= 4 is 23.5 Å². The minimum absolute atomic E-state index is 0.273. The Morgan fingerprint density at radius 3 is 2.87 bits per heavy atom. The maximum atomic E-state index is 11.8. The molecule has 0 fully saturated rings. The van der Waals surface area contributed by atoms with Gasteiger partial charge in [0.15, 0.2) is 5.82 Å². The number of amides is 2. The summed E-state index contributed by atoms with van der Waals surface area (Å²) < 4.78 is 0. The molecule has 0 radical (unpaired) electrons. The zero-order valence-corrected chi connectivity index (χ0v) is 14.3. The van der Waals surface area contributed by atoms with E-state index in [0.717, 1.165) is 23.0 Å². The lowest BCUT2D eigenvalue weighted by Gasteiger charge is -2.13. The molecule has 2 amide bonds. The minimum Gasteiger partial charge on any atom is -0.378 e. The molecule has 2 aromatic rings. The number of carbonyl (C=O) groups excluding carboxylic acids is 1. The molecular weight excluding hydrogens is 314 g/mol. The number of pyridine rings is 1. The van der Waals surface area contributed by atoms with Crippen LogP contribution < -0.4 is 15.5 Å². The molecule has 3 N–H and O–H groups in total. The van der Waals surface area contributed by atoms with Crippen molar-refractivity contribution in [1.29, 1.82) is 0 Å². The highest BCUT2D eigenvalue weighted by Crippen LogP contribution is 2.10. The number of urea groups is 1. The smallest absolute Gasteiger partial charge is 0.315 e. The zero-order chi connectivity index (χ0) is 16.7. The first kappa shape index (κ1) is 17.1. The van der Waals surface area contributed by atoms with Gasteiger partial charge in [0.25, 0.3) is 0 Å². The Balaban J connectivity index is 1.77. The maximum Gasteiger partial charge on any atom is 0.315 e. The van der Waals surface area contributed by atoms with Crippen molar-refractivity contribution in [3.05, 3.63) is 35.7 Å². The fraction of sp³-hybridized carbons (Fsp3) is 0.429. The molecule has 0 spiro atoms. The first-order valence-corrected chi connectivity index (χ1v) is 8.51. The number of rotatable bonds is 7. The Labute approximate surface area is 139 Å². The highest BCUT2D eigenvalue weighted by Gasteiger charge is 2.06. The first-order chi connectivity index (χ1) is 11.1. The van der Waals surface area contributed by atoms with E-state index in [1.807, 2.05) is 37.4 Å². The molecule has 0 saturated carbocycles. The molecule has 0 bridgehead atoms. The van der Waals surface area contributed by atoms with Crippen LogP contribution in [0.15, 0.2) is 18.3 Å². The quantitative estimate of drug-likeness (QED) is 0.701. The number of hydrogen-bond donors (Lipinski definition) is 3. The van der Waals surface area contributed by atoms with Gasteiger partial charge in [-0.1, -0.05) is 0 Å². The minimum atomic E-state index is -0.273. The first-order valence-electron chi connectivity index (χ1n) is 7.11. The molecule has 2 rings (SSSR count). The molecule has 8 nitrogen and oxygen atoms in total. The van der Waals surface area contributed by atoms with Crippen LogP contribution in [0.5, 0.6) is 0 Å². The van der Waals surface area contributed by atoms with E-state index in [2.05, 4.69) is 30.8 Å². The molecule has 0 unspecified atom stereocenters. The van der Waals surface area contributed by atoms with Crippen LogP contribution in [0.1, 0.15) is 17.3 Å². The number of carbonyl (C=O) groups is 1. The maximum absolute atomic E-state index is 11.8. The number of anilines is 1. The molecule has 0 aliphatic heterocycles. The third-order valence-corrected chi connectivity index (χ3v) is 3.56. The van der Waals surface area contributed by atoms with E-state index in [9.17, 15) is 4.79 Å². The predicted octanol–water partition coefficient (Wildman–Crippen LogP) is 1.13. The van der Waals surface area contributed by atoms with E-state index in [0.29, 0.717) is 18.9 Å². The number of thioether (sulfide) groups is 1. The average molecular weight is 335 g/mol. The lowest BCUT2D eigenvalue weighted by atomic mass is 10.3. The Kier molecular flexibility index (Phi) is 6.21. The molecule has 0 aromatic carbocycles. The van der Waals surface area contributed by atoms with Crippen molar-refractivity contribution < 1.29 is 4.79 Å². The standard InChI is InChI=1S/C14H21N7OS/c1-21(2)11-4-5-15-10(6-11)7-16-14(22)17-8-12-18-13(9-23-3)20-19-12/h4-6H,7-9H2,1-3H3,(H2,16,17,22)(H,18,19,20). The molecule has 0 atom stereocenters. The number of aromatic nitrogens is 4. The highest BCUT2D eigenvalue weighted by molar-refractivity contribution is 7.97. The number of H-pyrrole nitrogens is 1. The fourth-order valence-corrected chi connectivity index (χ4v) is 2.23. The summed E-state index contributed by atoms with van der Waals surface area (Å²) in [7, 11) is 3.92. The summed E-state index contributed by atoms with van der Waals surface area (Å²) in [4.78, 5) is 22.3. The summed E-state index contributed by atoms with van der Waals surface area (Å²) in [6.07, 6.45) is 3.72. The Morgan fingerprint density at radius 1 is 1.35 bits per heavy atom. The van der Waals surface area contributed by atoms with Gasteiger partial charge in [-0.2, -0.15) is 16.9 Å². The highest BCUT2D eigenvalue weighted by atomic mass is 32.2. The molecule has 0 saturated heterocycles. The van der Waals surface area contributed by atoms with Crippen molar-refractivity contribution in [1.82, 2.24) is 30.8 Å². The van der Waals surface area contributed by atoms with Crippen molar-refractivity contribution in [2.24, 2.45) is 0 Å². The largest absolute Gasteiger partial charge is 0.378 e. The second-order valence-corrected chi connectivity index (χ2v) is 5.93. The van der Waals surface area contributed by atoms with E-state index < -0.39 is 0 Å². The summed E-state index contributed by atoms with van der Waals surface area (Å²) in [5.41, 5.74) is 1.84. The number of aromatic amines is 1. The number of nitrogens with zero attached hydrogens (tertiary/aromatic N) is 4. The number of hydrogen-bond acceptors (Lipinski definition) is 6. The molecule has 23 heavy (non-hydrogen) atoms. The summed E-state index contributed by atoms with van der Waals surface area (Å²) in [6, 6.07) is 3.58. The second kappa shape index (κ2) is 8.37. The lowest BCUT2D eigenvalue weighted by molar-refractivity contribution is 0.239. The van der Waals surface area contributed by atoms with Crippen molar-refractivity contribution in [3.63, 3.8) is 0 Å². The van der Waals surface area contributed by atoms with Crippen molar-refractivity contribution in [3.8, 4) is 0 Å². The van der Waals surface area contributed by atoms with Crippen molar-refractivity contribution in [2.75, 3.05) is 25.3 Å². The SMILES string of the molecule is CSCc1n[nH]c(CNC(=O)NCc2cc(N(C)C)ccn2)n1. The van der Waals surface area contributed by atoms with Gasteiger partial charge in [0.05, 0.1) is 24.5 Å². The fourth-order valence-electron chi connectivity index (χ4n) is 1.85. The van der Waals surface area contributed by atoms with Crippen LogP contribution in [0.4, 0.5) is 10.5 Å². The molecule has 0 aliphatic rings. The molecule has 0 aliphatic carbocycles. The van der Waals surface area contributed by atoms with Gasteiger partial charge in [0.2, 0.25) is 0 Å². The summed E-state index contributed by atoms with van der Waals surface area (Å²) in [6.45, 7) is 0.667. The van der Waals surface area contributed by atoms with Gasteiger partial charge in [-0.3, -0.25) is 10.1 Å². The van der Waals surface area contributed by atoms with E-state index in [1.54, 1.807) is 18.0 Å². The molecular formula is C14H21N7OS. The third-order valence-electron chi connectivity index (χ3n) is 3.01. The predicted molar refractivity (Wildman–Crippen MR) is 91.2 cm³/mol. The van der Waals surface area contributed by atoms with Gasteiger partial charge in [-0.05, 0) is 18.4 Å². The van der Waals surface area contributed by atoms with Gasteiger partial charge < -0.3 is 15.5 Å². The molecule has 2 heterocycles. The van der Waals surface area contributed by atoms with Crippen LogP contribution in [0.3, 0.4) is 0 Å². The van der Waals surface area contributed by atoms with Gasteiger partial charge >= 0.3 is 6.03 Å². The zero-order valence-electron chi connectivity index (χ0n) is 13.5. The van der Waals surface area contributed by atoms with Gasteiger partial charge in [0.1, 0.15) is 5.82 Å². The van der Waals surface area contributed by atoms with E-state index in [4.69, 9.17) is 0 Å². The molecule has 124 valence electrons. The molecule has 9 heteroatoms. The topological polar surface area (TPSA) is 98.8 Å². The Hall–Kier alpha value is -2.29. The summed E-state index contributed by atoms with van der Waals surface area (Å²) in [5, 5.41) is 12.4.